The zero-order chi connectivity index (χ0) is 13.8. The molecule has 0 aliphatic heterocycles. The molecule has 0 saturated carbocycles. The molecule has 102 valence electrons. The summed E-state index contributed by atoms with van der Waals surface area (Å²) in [6.07, 6.45) is 3.17. The Morgan fingerprint density at radius 3 is 2.95 bits per heavy atom. The molecule has 0 aromatic carbocycles. The van der Waals surface area contributed by atoms with Crippen molar-refractivity contribution in [2.24, 2.45) is 7.05 Å². The Labute approximate surface area is 111 Å². The van der Waals surface area contributed by atoms with Crippen molar-refractivity contribution in [3.05, 3.63) is 29.3 Å². The van der Waals surface area contributed by atoms with Gasteiger partial charge in [-0.2, -0.15) is 10.2 Å². The second kappa shape index (κ2) is 5.55. The molecule has 7 heteroatoms. The van der Waals surface area contributed by atoms with Crippen LogP contribution >= 0.6 is 0 Å². The van der Waals surface area contributed by atoms with Crippen molar-refractivity contribution in [3.63, 3.8) is 0 Å². The predicted molar refractivity (Wildman–Crippen MR) is 71.6 cm³/mol. The van der Waals surface area contributed by atoms with Crippen LogP contribution in [0.25, 0.3) is 0 Å². The number of carbonyl (C=O) groups is 1. The largest absolute Gasteiger partial charge is 0.395 e. The molecule has 0 bridgehead atoms. The van der Waals surface area contributed by atoms with Gasteiger partial charge in [-0.05, 0) is 12.5 Å². The molecule has 1 amide bonds. The minimum atomic E-state index is -0.254. The van der Waals surface area contributed by atoms with Crippen molar-refractivity contribution in [3.8, 4) is 0 Å². The number of aromatic amines is 1. The molecule has 0 radical (unpaired) electrons. The Morgan fingerprint density at radius 1 is 1.58 bits per heavy atom. The van der Waals surface area contributed by atoms with Crippen LogP contribution in [0.15, 0.2) is 12.3 Å². The van der Waals surface area contributed by atoms with Crippen LogP contribution < -0.4 is 11.1 Å². The Hall–Kier alpha value is -2.31. The summed E-state index contributed by atoms with van der Waals surface area (Å²) in [6.45, 7) is 2.47. The normalized spacial score (nSPS) is 10.6. The van der Waals surface area contributed by atoms with Gasteiger partial charge >= 0.3 is 0 Å². The molecule has 2 aromatic rings. The fourth-order valence-electron chi connectivity index (χ4n) is 1.86. The molecule has 7 nitrogen and oxygen atoms in total. The number of hydrogen-bond acceptors (Lipinski definition) is 4. The highest BCUT2D eigenvalue weighted by atomic mass is 16.1. The van der Waals surface area contributed by atoms with E-state index < -0.39 is 0 Å². The van der Waals surface area contributed by atoms with Gasteiger partial charge in [0.1, 0.15) is 0 Å². The highest BCUT2D eigenvalue weighted by Gasteiger charge is 2.15. The van der Waals surface area contributed by atoms with E-state index in [2.05, 4.69) is 20.6 Å². The van der Waals surface area contributed by atoms with Crippen LogP contribution in [0, 0.1) is 0 Å². The number of amides is 1. The number of aromatic nitrogens is 4. The lowest BCUT2D eigenvalue weighted by atomic mass is 10.2. The van der Waals surface area contributed by atoms with E-state index in [4.69, 9.17) is 5.73 Å². The smallest absolute Gasteiger partial charge is 0.273 e. The average molecular weight is 262 g/mol. The highest BCUT2D eigenvalue weighted by molar-refractivity contribution is 5.97. The number of nitrogens with one attached hydrogen (secondary N) is 2. The van der Waals surface area contributed by atoms with Crippen LogP contribution in [-0.4, -0.2) is 32.4 Å². The fourth-order valence-corrected chi connectivity index (χ4v) is 1.86. The van der Waals surface area contributed by atoms with Crippen molar-refractivity contribution >= 4 is 11.6 Å². The van der Waals surface area contributed by atoms with E-state index in [9.17, 15) is 4.79 Å². The number of hydrogen-bond donors (Lipinski definition) is 3. The first-order valence-electron chi connectivity index (χ1n) is 6.21. The minimum Gasteiger partial charge on any atom is -0.395 e. The van der Waals surface area contributed by atoms with E-state index in [1.54, 1.807) is 10.9 Å². The van der Waals surface area contributed by atoms with Gasteiger partial charge in [-0.1, -0.05) is 6.92 Å². The molecular formula is C12H18N6O. The van der Waals surface area contributed by atoms with Crippen LogP contribution in [0.4, 0.5) is 5.69 Å². The summed E-state index contributed by atoms with van der Waals surface area (Å²) in [5.74, 6) is -0.254. The maximum Gasteiger partial charge on any atom is 0.273 e. The molecule has 0 aliphatic carbocycles. The third-order valence-corrected chi connectivity index (χ3v) is 3.04. The van der Waals surface area contributed by atoms with E-state index in [1.807, 2.05) is 20.0 Å². The first kappa shape index (κ1) is 13.1. The molecule has 0 saturated heterocycles. The Balaban J connectivity index is 1.91. The molecule has 0 fully saturated rings. The Kier molecular flexibility index (Phi) is 3.84. The maximum atomic E-state index is 11.9. The van der Waals surface area contributed by atoms with Crippen LogP contribution in [0.2, 0.25) is 0 Å². The van der Waals surface area contributed by atoms with Crippen molar-refractivity contribution in [2.75, 3.05) is 12.3 Å². The van der Waals surface area contributed by atoms with Gasteiger partial charge in [0, 0.05) is 31.9 Å². The second-order valence-corrected chi connectivity index (χ2v) is 4.27. The van der Waals surface area contributed by atoms with Crippen LogP contribution in [0.5, 0.6) is 0 Å². The fraction of sp³-hybridized carbons (Fsp3) is 0.417. The quantitative estimate of drug-likeness (QED) is 0.719. The second-order valence-electron chi connectivity index (χ2n) is 4.27. The van der Waals surface area contributed by atoms with E-state index in [0.29, 0.717) is 18.7 Å². The third-order valence-electron chi connectivity index (χ3n) is 3.04. The number of nitrogen functional groups attached to an aromatic ring is 1. The molecule has 4 N–H and O–H groups in total. The van der Waals surface area contributed by atoms with E-state index >= 15 is 0 Å². The summed E-state index contributed by atoms with van der Waals surface area (Å²) in [4.78, 5) is 11.9. The zero-order valence-electron chi connectivity index (χ0n) is 11.1. The van der Waals surface area contributed by atoms with Crippen molar-refractivity contribution in [2.45, 2.75) is 19.8 Å². The molecule has 0 atom stereocenters. The molecule has 0 aliphatic rings. The molecule has 2 aromatic heterocycles. The van der Waals surface area contributed by atoms with E-state index in [1.165, 1.54) is 0 Å². The first-order valence-corrected chi connectivity index (χ1v) is 6.21. The van der Waals surface area contributed by atoms with Gasteiger partial charge in [0.05, 0.1) is 11.4 Å². The number of aryl methyl sites for hydroxylation is 2. The molecule has 0 unspecified atom stereocenters. The number of carbonyl (C=O) groups excluding carboxylic acids is 1. The van der Waals surface area contributed by atoms with E-state index in [0.717, 1.165) is 17.8 Å². The van der Waals surface area contributed by atoms with Crippen LogP contribution in [0.1, 0.15) is 28.8 Å². The van der Waals surface area contributed by atoms with Gasteiger partial charge in [0.25, 0.3) is 5.91 Å². The Bertz CT molecular complexity index is 571. The third kappa shape index (κ3) is 2.75. The summed E-state index contributed by atoms with van der Waals surface area (Å²) < 4.78 is 1.78. The van der Waals surface area contributed by atoms with E-state index in [-0.39, 0.29) is 11.6 Å². The highest BCUT2D eigenvalue weighted by Crippen LogP contribution is 2.13. The minimum absolute atomic E-state index is 0.254. The first-order chi connectivity index (χ1) is 9.13. The summed E-state index contributed by atoms with van der Waals surface area (Å²) in [6, 6.07) is 1.92. The molecule has 19 heavy (non-hydrogen) atoms. The lowest BCUT2D eigenvalue weighted by Crippen LogP contribution is -2.27. The Morgan fingerprint density at radius 2 is 2.37 bits per heavy atom. The maximum absolute atomic E-state index is 11.9. The number of nitrogens with zero attached hydrogens (tertiary/aromatic N) is 3. The van der Waals surface area contributed by atoms with Gasteiger partial charge in [0.2, 0.25) is 0 Å². The van der Waals surface area contributed by atoms with Gasteiger partial charge in [0.15, 0.2) is 5.69 Å². The van der Waals surface area contributed by atoms with Crippen LogP contribution in [0.3, 0.4) is 0 Å². The summed E-state index contributed by atoms with van der Waals surface area (Å²) in [7, 11) is 1.87. The van der Waals surface area contributed by atoms with Crippen molar-refractivity contribution in [1.29, 1.82) is 0 Å². The SMILES string of the molecule is CCc1[nH]nc(C(=O)NCCc2ccnn2C)c1N. The van der Waals surface area contributed by atoms with Crippen molar-refractivity contribution in [1.82, 2.24) is 25.3 Å². The zero-order valence-corrected chi connectivity index (χ0v) is 11.1. The molecule has 2 rings (SSSR count). The van der Waals surface area contributed by atoms with Crippen molar-refractivity contribution < 1.29 is 4.79 Å². The summed E-state index contributed by atoms with van der Waals surface area (Å²) >= 11 is 0. The monoisotopic (exact) mass is 262 g/mol. The number of anilines is 1. The topological polar surface area (TPSA) is 102 Å². The lowest BCUT2D eigenvalue weighted by Gasteiger charge is -2.04. The molecular weight excluding hydrogens is 244 g/mol. The summed E-state index contributed by atoms with van der Waals surface area (Å²) in [5.41, 5.74) is 8.38. The number of rotatable bonds is 5. The predicted octanol–water partition coefficient (Wildman–Crippen LogP) is 0.260. The van der Waals surface area contributed by atoms with Gasteiger partial charge in [-0.3, -0.25) is 14.6 Å². The van der Waals surface area contributed by atoms with Crippen LogP contribution in [-0.2, 0) is 19.9 Å². The number of nitrogens with two attached hydrogens (primary N) is 1. The summed E-state index contributed by atoms with van der Waals surface area (Å²) in [5, 5.41) is 13.6. The number of H-pyrrole nitrogens is 1. The van der Waals surface area contributed by atoms with Gasteiger partial charge in [-0.25, -0.2) is 0 Å². The molecule has 0 spiro atoms. The standard InChI is InChI=1S/C12H18N6O/c1-3-9-10(13)11(17-16-9)12(19)14-6-4-8-5-7-15-18(8)2/h5,7H,3-4,6,13H2,1-2H3,(H,14,19)(H,16,17). The van der Waals surface area contributed by atoms with Gasteiger partial charge < -0.3 is 11.1 Å². The average Bonchev–Trinajstić information content (AvgIpc) is 2.96. The lowest BCUT2D eigenvalue weighted by molar-refractivity contribution is 0.0950. The molecule has 2 heterocycles. The van der Waals surface area contributed by atoms with Gasteiger partial charge in [-0.15, -0.1) is 0 Å².